The van der Waals surface area contributed by atoms with Gasteiger partial charge in [0.15, 0.2) is 0 Å². The fourth-order valence-corrected chi connectivity index (χ4v) is 1.11. The van der Waals surface area contributed by atoms with Gasteiger partial charge in [-0.25, -0.2) is 0 Å². The lowest BCUT2D eigenvalue weighted by Crippen LogP contribution is -2.30. The maximum Gasteiger partial charge on any atom is 0.490 e. The number of benzene rings is 1. The second-order valence-electron chi connectivity index (χ2n) is 2.36. The van der Waals surface area contributed by atoms with Crippen LogP contribution in [-0.4, -0.2) is 24.2 Å². The first-order valence-corrected chi connectivity index (χ1v) is 3.86. The van der Waals surface area contributed by atoms with Crippen molar-refractivity contribution in [3.05, 3.63) is 23.2 Å². The monoisotopic (exact) mass is 185 g/mol. The Morgan fingerprint density at radius 1 is 1.42 bits per heavy atom. The highest BCUT2D eigenvalue weighted by atomic mass is 35.5. The van der Waals surface area contributed by atoms with Gasteiger partial charge in [0.2, 0.25) is 0 Å². The number of hydrogen-bond acceptors (Lipinski definition) is 3. The van der Waals surface area contributed by atoms with Gasteiger partial charge in [-0.1, -0.05) is 11.6 Å². The lowest BCUT2D eigenvalue weighted by atomic mass is 9.80. The van der Waals surface area contributed by atoms with Gasteiger partial charge in [0.1, 0.15) is 0 Å². The van der Waals surface area contributed by atoms with Crippen molar-refractivity contribution in [1.82, 2.24) is 0 Å². The highest BCUT2D eigenvalue weighted by Gasteiger charge is 2.14. The zero-order valence-electron chi connectivity index (χ0n) is 6.58. The lowest BCUT2D eigenvalue weighted by molar-refractivity contribution is 0.426. The standard InChI is InChI=1S/C7H9BClNO2/c1-10-5-2-3-7(9)6(4-5)8(11)12/h2-4,10-12H,1H3. The smallest absolute Gasteiger partial charge is 0.423 e. The van der Waals surface area contributed by atoms with Crippen LogP contribution < -0.4 is 10.8 Å². The second-order valence-corrected chi connectivity index (χ2v) is 2.77. The third kappa shape index (κ3) is 1.91. The van der Waals surface area contributed by atoms with Crippen molar-refractivity contribution in [1.29, 1.82) is 0 Å². The van der Waals surface area contributed by atoms with Crippen LogP contribution in [0.2, 0.25) is 5.02 Å². The molecule has 0 bridgehead atoms. The molecule has 0 unspecified atom stereocenters. The van der Waals surface area contributed by atoms with E-state index in [9.17, 15) is 0 Å². The molecule has 1 rings (SSSR count). The molecule has 3 N–H and O–H groups in total. The van der Waals surface area contributed by atoms with Gasteiger partial charge in [-0.2, -0.15) is 0 Å². The Kier molecular flexibility index (Phi) is 2.97. The molecule has 0 atom stereocenters. The van der Waals surface area contributed by atoms with Crippen LogP contribution in [0.15, 0.2) is 18.2 Å². The van der Waals surface area contributed by atoms with E-state index in [0.29, 0.717) is 10.5 Å². The van der Waals surface area contributed by atoms with Gasteiger partial charge < -0.3 is 15.4 Å². The fourth-order valence-electron chi connectivity index (χ4n) is 0.897. The minimum Gasteiger partial charge on any atom is -0.423 e. The number of rotatable bonds is 2. The number of nitrogens with one attached hydrogen (secondary N) is 1. The molecule has 1 aromatic carbocycles. The Morgan fingerprint density at radius 3 is 2.58 bits per heavy atom. The summed E-state index contributed by atoms with van der Waals surface area (Å²) in [6.07, 6.45) is 0. The highest BCUT2D eigenvalue weighted by molar-refractivity contribution is 6.62. The van der Waals surface area contributed by atoms with Crippen LogP contribution in [-0.2, 0) is 0 Å². The lowest BCUT2D eigenvalue weighted by Gasteiger charge is -2.05. The van der Waals surface area contributed by atoms with E-state index in [1.807, 2.05) is 0 Å². The van der Waals surface area contributed by atoms with Crippen LogP contribution in [0.5, 0.6) is 0 Å². The maximum atomic E-state index is 8.87. The van der Waals surface area contributed by atoms with Crippen LogP contribution in [0.25, 0.3) is 0 Å². The van der Waals surface area contributed by atoms with Gasteiger partial charge in [0.25, 0.3) is 0 Å². The van der Waals surface area contributed by atoms with Gasteiger partial charge in [0, 0.05) is 23.2 Å². The summed E-state index contributed by atoms with van der Waals surface area (Å²) in [6, 6.07) is 4.96. The molecule has 3 nitrogen and oxygen atoms in total. The Balaban J connectivity index is 3.08. The summed E-state index contributed by atoms with van der Waals surface area (Å²) in [7, 11) is 0.224. The minimum absolute atomic E-state index is 0.309. The third-order valence-electron chi connectivity index (χ3n) is 1.56. The molecule has 0 aliphatic rings. The average Bonchev–Trinajstić information content (AvgIpc) is 2.05. The Hall–Kier alpha value is -0.705. The summed E-state index contributed by atoms with van der Waals surface area (Å²) >= 11 is 5.70. The highest BCUT2D eigenvalue weighted by Crippen LogP contribution is 2.11. The largest absolute Gasteiger partial charge is 0.490 e. The van der Waals surface area contributed by atoms with Crippen LogP contribution in [0, 0.1) is 0 Å². The molecule has 0 heterocycles. The molecule has 0 aliphatic heterocycles. The van der Waals surface area contributed by atoms with Crippen molar-refractivity contribution in [3.63, 3.8) is 0 Å². The molecular weight excluding hydrogens is 176 g/mol. The summed E-state index contributed by atoms with van der Waals surface area (Å²) in [4.78, 5) is 0. The first-order valence-electron chi connectivity index (χ1n) is 3.48. The summed E-state index contributed by atoms with van der Waals surface area (Å²) < 4.78 is 0. The van der Waals surface area contributed by atoms with Crippen molar-refractivity contribution in [2.75, 3.05) is 12.4 Å². The quantitative estimate of drug-likeness (QED) is 0.571. The van der Waals surface area contributed by atoms with E-state index in [1.165, 1.54) is 0 Å². The average molecular weight is 185 g/mol. The topological polar surface area (TPSA) is 52.5 Å². The van der Waals surface area contributed by atoms with E-state index in [0.717, 1.165) is 5.69 Å². The van der Waals surface area contributed by atoms with E-state index in [2.05, 4.69) is 5.32 Å². The first kappa shape index (κ1) is 9.38. The Morgan fingerprint density at radius 2 is 2.08 bits per heavy atom. The number of halogens is 1. The number of hydrogen-bond donors (Lipinski definition) is 3. The molecule has 0 radical (unpaired) electrons. The Bertz CT molecular complexity index is 280. The molecule has 0 aliphatic carbocycles. The summed E-state index contributed by atoms with van der Waals surface area (Å²) in [5.41, 5.74) is 1.10. The van der Waals surface area contributed by atoms with Gasteiger partial charge in [-0.15, -0.1) is 0 Å². The minimum atomic E-state index is -1.52. The summed E-state index contributed by atoms with van der Waals surface area (Å²) in [5, 5.41) is 21.0. The van der Waals surface area contributed by atoms with E-state index >= 15 is 0 Å². The Labute approximate surface area is 76.1 Å². The first-order chi connectivity index (χ1) is 5.65. The van der Waals surface area contributed by atoms with Crippen LogP contribution in [0.4, 0.5) is 5.69 Å². The SMILES string of the molecule is CNc1ccc(Cl)c(B(O)O)c1. The van der Waals surface area contributed by atoms with Gasteiger partial charge in [-0.3, -0.25) is 0 Å². The molecule has 1 aromatic rings. The van der Waals surface area contributed by atoms with Crippen molar-refractivity contribution in [2.24, 2.45) is 0 Å². The summed E-state index contributed by atoms with van der Waals surface area (Å²) in [6.45, 7) is 0. The molecule has 0 aromatic heterocycles. The van der Waals surface area contributed by atoms with Crippen LogP contribution in [0.3, 0.4) is 0 Å². The summed E-state index contributed by atoms with van der Waals surface area (Å²) in [5.74, 6) is 0. The molecule has 5 heteroatoms. The van der Waals surface area contributed by atoms with Crippen molar-refractivity contribution in [2.45, 2.75) is 0 Å². The van der Waals surface area contributed by atoms with E-state index in [4.69, 9.17) is 21.6 Å². The molecule has 0 saturated carbocycles. The molecule has 0 spiro atoms. The van der Waals surface area contributed by atoms with Crippen molar-refractivity contribution < 1.29 is 10.0 Å². The van der Waals surface area contributed by atoms with Crippen LogP contribution >= 0.6 is 11.6 Å². The zero-order valence-corrected chi connectivity index (χ0v) is 7.34. The molecule has 0 saturated heterocycles. The molecule has 64 valence electrons. The molecule has 0 fully saturated rings. The molecule has 0 amide bonds. The predicted molar refractivity (Wildman–Crippen MR) is 50.8 cm³/mol. The number of anilines is 1. The van der Waals surface area contributed by atoms with Crippen LogP contribution in [0.1, 0.15) is 0 Å². The zero-order chi connectivity index (χ0) is 9.14. The maximum absolute atomic E-state index is 8.87. The molecule has 12 heavy (non-hydrogen) atoms. The van der Waals surface area contributed by atoms with Crippen molar-refractivity contribution >= 4 is 29.9 Å². The third-order valence-corrected chi connectivity index (χ3v) is 1.91. The normalized spacial score (nSPS) is 9.67. The van der Waals surface area contributed by atoms with Gasteiger partial charge in [-0.05, 0) is 18.2 Å². The van der Waals surface area contributed by atoms with Gasteiger partial charge in [0.05, 0.1) is 0 Å². The van der Waals surface area contributed by atoms with E-state index in [1.54, 1.807) is 25.2 Å². The molecular formula is C7H9BClNO2. The second kappa shape index (κ2) is 3.80. The predicted octanol–water partition coefficient (Wildman–Crippen LogP) is 0.0615. The van der Waals surface area contributed by atoms with E-state index < -0.39 is 7.12 Å². The fraction of sp³-hybridized carbons (Fsp3) is 0.143. The van der Waals surface area contributed by atoms with E-state index in [-0.39, 0.29) is 0 Å². The van der Waals surface area contributed by atoms with Gasteiger partial charge >= 0.3 is 7.12 Å². The van der Waals surface area contributed by atoms with Crippen molar-refractivity contribution in [3.8, 4) is 0 Å².